The molecule has 2 rings (SSSR count). The first kappa shape index (κ1) is 14.2. The molecule has 0 saturated heterocycles. The first-order valence-electron chi connectivity index (χ1n) is 6.81. The van der Waals surface area contributed by atoms with Gasteiger partial charge in [0.15, 0.2) is 0 Å². The van der Waals surface area contributed by atoms with Gasteiger partial charge in [-0.25, -0.2) is 4.98 Å². The van der Waals surface area contributed by atoms with Crippen LogP contribution in [0.5, 0.6) is 11.6 Å². The minimum absolute atomic E-state index is 0.518. The first-order valence-corrected chi connectivity index (χ1v) is 6.81. The Morgan fingerprint density at radius 2 is 1.95 bits per heavy atom. The smallest absolute Gasteiger partial charge is 0.233 e. The summed E-state index contributed by atoms with van der Waals surface area (Å²) in [6.45, 7) is 2.15. The summed E-state index contributed by atoms with van der Waals surface area (Å²) in [6.07, 6.45) is 3.10. The zero-order valence-electron chi connectivity index (χ0n) is 12.2. The predicted molar refractivity (Wildman–Crippen MR) is 81.3 cm³/mol. The highest BCUT2D eigenvalue weighted by atomic mass is 16.5. The van der Waals surface area contributed by atoms with Crippen molar-refractivity contribution < 1.29 is 9.47 Å². The van der Waals surface area contributed by atoms with Gasteiger partial charge in [0.1, 0.15) is 11.3 Å². The highest BCUT2D eigenvalue weighted by Gasteiger charge is 2.14. The number of rotatable bonds is 4. The second-order valence-corrected chi connectivity index (χ2v) is 4.45. The zero-order chi connectivity index (χ0) is 14.4. The molecule has 0 N–H and O–H groups in total. The molecule has 0 amide bonds. The van der Waals surface area contributed by atoms with Crippen LogP contribution in [0.4, 0.5) is 0 Å². The molecule has 1 aromatic carbocycles. The third-order valence-corrected chi connectivity index (χ3v) is 3.08. The van der Waals surface area contributed by atoms with Crippen LogP contribution in [-0.2, 0) is 0 Å². The van der Waals surface area contributed by atoms with Crippen LogP contribution in [0.15, 0.2) is 24.3 Å². The summed E-state index contributed by atoms with van der Waals surface area (Å²) in [6, 6.07) is 7.83. The van der Waals surface area contributed by atoms with Crippen LogP contribution in [0.2, 0.25) is 0 Å². The maximum absolute atomic E-state index is 5.54. The monoisotopic (exact) mass is 269 g/mol. The van der Waals surface area contributed by atoms with E-state index in [4.69, 9.17) is 9.47 Å². The Hall–Kier alpha value is -2.21. The fourth-order valence-electron chi connectivity index (χ4n) is 2.05. The molecule has 3 heteroatoms. The quantitative estimate of drug-likeness (QED) is 0.625. The molecule has 104 valence electrons. The lowest BCUT2D eigenvalue weighted by Gasteiger charge is -2.11. The Morgan fingerprint density at radius 1 is 1.15 bits per heavy atom. The minimum atomic E-state index is 0.518. The summed E-state index contributed by atoms with van der Waals surface area (Å²) in [4.78, 5) is 4.50. The van der Waals surface area contributed by atoms with E-state index in [1.165, 1.54) is 0 Å². The number of benzene rings is 1. The Labute approximate surface area is 119 Å². The average Bonchev–Trinajstić information content (AvgIpc) is 2.50. The van der Waals surface area contributed by atoms with E-state index in [-0.39, 0.29) is 0 Å². The molecule has 0 aliphatic heterocycles. The van der Waals surface area contributed by atoms with Crippen molar-refractivity contribution in [1.82, 2.24) is 4.98 Å². The minimum Gasteiger partial charge on any atom is -0.495 e. The van der Waals surface area contributed by atoms with E-state index in [1.807, 2.05) is 24.3 Å². The van der Waals surface area contributed by atoms with E-state index in [0.717, 1.165) is 41.5 Å². The maximum atomic E-state index is 5.54. The third kappa shape index (κ3) is 2.85. The second kappa shape index (κ2) is 6.81. The molecule has 0 saturated carbocycles. The van der Waals surface area contributed by atoms with Crippen molar-refractivity contribution in [2.24, 2.45) is 0 Å². The molecule has 1 aromatic heterocycles. The van der Waals surface area contributed by atoms with Gasteiger partial charge in [-0.2, -0.15) is 0 Å². The molecular formula is C17H19NO2. The molecule has 0 aliphatic carbocycles. The Morgan fingerprint density at radius 3 is 2.65 bits per heavy atom. The summed E-state index contributed by atoms with van der Waals surface area (Å²) >= 11 is 0. The SMILES string of the molecule is CCCCC#Cc1c(OC)nc2ccccc2c1OC. The average molecular weight is 269 g/mol. The van der Waals surface area contributed by atoms with Gasteiger partial charge in [-0.3, -0.25) is 0 Å². The van der Waals surface area contributed by atoms with E-state index in [2.05, 4.69) is 23.7 Å². The molecule has 0 spiro atoms. The molecule has 0 radical (unpaired) electrons. The van der Waals surface area contributed by atoms with E-state index in [1.54, 1.807) is 14.2 Å². The van der Waals surface area contributed by atoms with Crippen molar-refractivity contribution in [2.75, 3.05) is 14.2 Å². The van der Waals surface area contributed by atoms with Crippen LogP contribution < -0.4 is 9.47 Å². The Balaban J connectivity index is 2.57. The lowest BCUT2D eigenvalue weighted by molar-refractivity contribution is 0.384. The molecule has 0 aliphatic rings. The van der Waals surface area contributed by atoms with Gasteiger partial charge in [0.25, 0.3) is 0 Å². The number of hydrogen-bond acceptors (Lipinski definition) is 3. The van der Waals surface area contributed by atoms with Gasteiger partial charge in [0, 0.05) is 11.8 Å². The standard InChI is InChI=1S/C17H19NO2/c1-4-5-6-7-11-14-16(19-2)13-10-8-9-12-15(13)18-17(14)20-3/h8-10,12H,4-6H2,1-3H3. The summed E-state index contributed by atoms with van der Waals surface area (Å²) in [7, 11) is 3.26. The number of nitrogens with zero attached hydrogens (tertiary/aromatic N) is 1. The van der Waals surface area contributed by atoms with E-state index >= 15 is 0 Å². The highest BCUT2D eigenvalue weighted by Crippen LogP contribution is 2.33. The molecule has 0 bridgehead atoms. The van der Waals surface area contributed by atoms with Gasteiger partial charge in [-0.15, -0.1) is 0 Å². The second-order valence-electron chi connectivity index (χ2n) is 4.45. The van der Waals surface area contributed by atoms with Gasteiger partial charge < -0.3 is 9.47 Å². The topological polar surface area (TPSA) is 31.4 Å². The third-order valence-electron chi connectivity index (χ3n) is 3.08. The molecule has 20 heavy (non-hydrogen) atoms. The van der Waals surface area contributed by atoms with Gasteiger partial charge in [-0.05, 0) is 18.6 Å². The van der Waals surface area contributed by atoms with Crippen molar-refractivity contribution in [2.45, 2.75) is 26.2 Å². The summed E-state index contributed by atoms with van der Waals surface area (Å²) < 4.78 is 10.9. The van der Waals surface area contributed by atoms with Crippen molar-refractivity contribution in [3.63, 3.8) is 0 Å². The fraction of sp³-hybridized carbons (Fsp3) is 0.353. The Bertz CT molecular complexity index is 653. The number of unbranched alkanes of at least 4 members (excludes halogenated alkanes) is 2. The molecule has 2 aromatic rings. The van der Waals surface area contributed by atoms with Gasteiger partial charge in [0.2, 0.25) is 5.88 Å². The van der Waals surface area contributed by atoms with Crippen molar-refractivity contribution in [3.8, 4) is 23.5 Å². The summed E-state index contributed by atoms with van der Waals surface area (Å²) in [5, 5.41) is 0.954. The maximum Gasteiger partial charge on any atom is 0.233 e. The van der Waals surface area contributed by atoms with Crippen LogP contribution in [0.3, 0.4) is 0 Å². The number of methoxy groups -OCH3 is 2. The van der Waals surface area contributed by atoms with Crippen LogP contribution in [0.25, 0.3) is 10.9 Å². The van der Waals surface area contributed by atoms with Crippen molar-refractivity contribution >= 4 is 10.9 Å². The van der Waals surface area contributed by atoms with Crippen LogP contribution >= 0.6 is 0 Å². The number of hydrogen-bond donors (Lipinski definition) is 0. The van der Waals surface area contributed by atoms with Gasteiger partial charge in [-0.1, -0.05) is 37.3 Å². The molecular weight excluding hydrogens is 250 g/mol. The van der Waals surface area contributed by atoms with Gasteiger partial charge >= 0.3 is 0 Å². The molecule has 1 heterocycles. The predicted octanol–water partition coefficient (Wildman–Crippen LogP) is 3.79. The lowest BCUT2D eigenvalue weighted by atomic mass is 10.1. The zero-order valence-corrected chi connectivity index (χ0v) is 12.2. The molecule has 0 atom stereocenters. The fourth-order valence-corrected chi connectivity index (χ4v) is 2.05. The van der Waals surface area contributed by atoms with E-state index in [9.17, 15) is 0 Å². The number of pyridine rings is 1. The summed E-state index contributed by atoms with van der Waals surface area (Å²) in [5.41, 5.74) is 1.57. The first-order chi connectivity index (χ1) is 9.81. The normalized spacial score (nSPS) is 9.95. The lowest BCUT2D eigenvalue weighted by Crippen LogP contribution is -1.98. The number of aromatic nitrogens is 1. The molecule has 0 fully saturated rings. The van der Waals surface area contributed by atoms with Crippen LogP contribution in [-0.4, -0.2) is 19.2 Å². The van der Waals surface area contributed by atoms with E-state index in [0.29, 0.717) is 5.88 Å². The summed E-state index contributed by atoms with van der Waals surface area (Å²) in [5.74, 6) is 7.57. The van der Waals surface area contributed by atoms with Crippen LogP contribution in [0, 0.1) is 11.8 Å². The number of para-hydroxylation sites is 1. The van der Waals surface area contributed by atoms with E-state index < -0.39 is 0 Å². The van der Waals surface area contributed by atoms with Crippen molar-refractivity contribution in [3.05, 3.63) is 29.8 Å². The number of ether oxygens (including phenoxy) is 2. The molecule has 0 unspecified atom stereocenters. The van der Waals surface area contributed by atoms with Crippen molar-refractivity contribution in [1.29, 1.82) is 0 Å². The highest BCUT2D eigenvalue weighted by molar-refractivity contribution is 5.88. The Kier molecular flexibility index (Phi) is 4.84. The molecule has 3 nitrogen and oxygen atoms in total. The van der Waals surface area contributed by atoms with Crippen LogP contribution in [0.1, 0.15) is 31.7 Å². The number of fused-ring (bicyclic) bond motifs is 1. The van der Waals surface area contributed by atoms with Gasteiger partial charge in [0.05, 0.1) is 19.7 Å². The largest absolute Gasteiger partial charge is 0.495 e.